The van der Waals surface area contributed by atoms with Crippen LogP contribution in [0.1, 0.15) is 24.8 Å². The smallest absolute Gasteiger partial charge is 0.249 e. The molecule has 23 heavy (non-hydrogen) atoms. The summed E-state index contributed by atoms with van der Waals surface area (Å²) in [4.78, 5) is 15.4. The van der Waals surface area contributed by atoms with Gasteiger partial charge in [-0.2, -0.15) is 4.98 Å². The number of hydrogen-bond acceptors (Lipinski definition) is 6. The Bertz CT molecular complexity index is 807. The topological polar surface area (TPSA) is 67.9 Å². The fourth-order valence-corrected chi connectivity index (χ4v) is 3.29. The number of nitrogens with zero attached hydrogens (tertiary/aromatic N) is 5. The Morgan fingerprint density at radius 3 is 2.78 bits per heavy atom. The number of hydrogen-bond donors (Lipinski definition) is 0. The third-order valence-corrected chi connectivity index (χ3v) is 4.59. The van der Waals surface area contributed by atoms with Crippen LogP contribution in [0.4, 0.5) is 5.95 Å². The van der Waals surface area contributed by atoms with Crippen molar-refractivity contribution in [1.82, 2.24) is 20.1 Å². The van der Waals surface area contributed by atoms with Crippen molar-refractivity contribution >= 4 is 21.9 Å². The molecule has 4 rings (SSSR count). The molecule has 0 spiro atoms. The fraction of sp³-hybridized carbons (Fsp3) is 0.250. The maximum atomic E-state index is 5.53. The molecule has 116 valence electrons. The molecule has 0 saturated carbocycles. The van der Waals surface area contributed by atoms with Gasteiger partial charge < -0.3 is 9.42 Å². The van der Waals surface area contributed by atoms with Crippen molar-refractivity contribution in [3.8, 4) is 11.4 Å². The molecule has 0 aliphatic carbocycles. The van der Waals surface area contributed by atoms with E-state index in [1.807, 2.05) is 30.3 Å². The van der Waals surface area contributed by atoms with Crippen molar-refractivity contribution in [3.63, 3.8) is 0 Å². The summed E-state index contributed by atoms with van der Waals surface area (Å²) < 4.78 is 6.48. The SMILES string of the molecule is Brc1ccccc1-c1noc(C2CCCN2c2ncccn2)n1. The van der Waals surface area contributed by atoms with E-state index >= 15 is 0 Å². The van der Waals surface area contributed by atoms with Crippen LogP contribution in [0.3, 0.4) is 0 Å². The Morgan fingerprint density at radius 1 is 1.13 bits per heavy atom. The van der Waals surface area contributed by atoms with Crippen molar-refractivity contribution in [1.29, 1.82) is 0 Å². The number of benzene rings is 1. The molecule has 1 aliphatic rings. The molecule has 1 unspecified atom stereocenters. The lowest BCUT2D eigenvalue weighted by atomic mass is 10.2. The molecule has 3 aromatic rings. The number of aromatic nitrogens is 4. The van der Waals surface area contributed by atoms with Crippen LogP contribution in [0.5, 0.6) is 0 Å². The van der Waals surface area contributed by atoms with Crippen molar-refractivity contribution in [2.24, 2.45) is 0 Å². The maximum Gasteiger partial charge on any atom is 0.249 e. The highest BCUT2D eigenvalue weighted by Crippen LogP contribution is 2.34. The average molecular weight is 372 g/mol. The molecule has 0 radical (unpaired) electrons. The number of halogens is 1. The molecule has 0 N–H and O–H groups in total. The Morgan fingerprint density at radius 2 is 1.96 bits per heavy atom. The first-order valence-corrected chi connectivity index (χ1v) is 8.24. The van der Waals surface area contributed by atoms with E-state index in [1.165, 1.54) is 0 Å². The molecule has 0 bridgehead atoms. The summed E-state index contributed by atoms with van der Waals surface area (Å²) in [7, 11) is 0. The van der Waals surface area contributed by atoms with Gasteiger partial charge in [-0.3, -0.25) is 0 Å². The van der Waals surface area contributed by atoms with Crippen LogP contribution in [0.15, 0.2) is 51.7 Å². The Kier molecular flexibility index (Phi) is 3.78. The minimum atomic E-state index is 0.0288. The van der Waals surface area contributed by atoms with Crippen LogP contribution >= 0.6 is 15.9 Å². The van der Waals surface area contributed by atoms with Gasteiger partial charge in [-0.25, -0.2) is 9.97 Å². The van der Waals surface area contributed by atoms with Gasteiger partial charge in [0.2, 0.25) is 17.7 Å². The van der Waals surface area contributed by atoms with Gasteiger partial charge in [-0.05, 0) is 31.0 Å². The average Bonchev–Trinajstić information content (AvgIpc) is 3.25. The van der Waals surface area contributed by atoms with E-state index in [2.05, 4.69) is 40.9 Å². The summed E-state index contributed by atoms with van der Waals surface area (Å²) in [6.45, 7) is 0.890. The predicted molar refractivity (Wildman–Crippen MR) is 88.8 cm³/mol. The molecule has 1 fully saturated rings. The maximum absolute atomic E-state index is 5.53. The van der Waals surface area contributed by atoms with Crippen LogP contribution in [0.25, 0.3) is 11.4 Å². The predicted octanol–water partition coefficient (Wildman–Crippen LogP) is 3.63. The second kappa shape index (κ2) is 6.08. The quantitative estimate of drug-likeness (QED) is 0.700. The second-order valence-corrected chi connectivity index (χ2v) is 6.19. The third kappa shape index (κ3) is 2.72. The normalized spacial score (nSPS) is 17.6. The molecule has 6 nitrogen and oxygen atoms in total. The minimum absolute atomic E-state index is 0.0288. The van der Waals surface area contributed by atoms with Crippen molar-refractivity contribution in [2.75, 3.05) is 11.4 Å². The fourth-order valence-electron chi connectivity index (χ4n) is 2.82. The van der Waals surface area contributed by atoms with E-state index in [1.54, 1.807) is 12.4 Å². The molecule has 2 aromatic heterocycles. The molecule has 1 aromatic carbocycles. The molecule has 0 amide bonds. The monoisotopic (exact) mass is 371 g/mol. The molecular formula is C16H14BrN5O. The van der Waals surface area contributed by atoms with Crippen LogP contribution in [0, 0.1) is 0 Å². The highest BCUT2D eigenvalue weighted by atomic mass is 79.9. The van der Waals surface area contributed by atoms with E-state index in [0.29, 0.717) is 17.7 Å². The standard InChI is InChI=1S/C16H14BrN5O/c17-12-6-2-1-5-11(12)14-20-15(23-21-14)13-7-3-10-22(13)16-18-8-4-9-19-16/h1-2,4-6,8-9,13H,3,7,10H2. The zero-order valence-electron chi connectivity index (χ0n) is 12.3. The van der Waals surface area contributed by atoms with E-state index < -0.39 is 0 Å². The number of anilines is 1. The van der Waals surface area contributed by atoms with Gasteiger partial charge >= 0.3 is 0 Å². The molecule has 7 heteroatoms. The van der Waals surface area contributed by atoms with Crippen molar-refractivity contribution < 1.29 is 4.52 Å². The van der Waals surface area contributed by atoms with Gasteiger partial charge in [0.15, 0.2) is 0 Å². The zero-order valence-corrected chi connectivity index (χ0v) is 13.8. The summed E-state index contributed by atoms with van der Waals surface area (Å²) in [5, 5.41) is 4.14. The lowest BCUT2D eigenvalue weighted by Crippen LogP contribution is -2.24. The molecule has 1 atom stereocenters. The van der Waals surface area contributed by atoms with E-state index in [0.717, 1.165) is 29.4 Å². The Hall–Kier alpha value is -2.28. The van der Waals surface area contributed by atoms with Gasteiger partial charge in [0.25, 0.3) is 0 Å². The van der Waals surface area contributed by atoms with E-state index in [9.17, 15) is 0 Å². The van der Waals surface area contributed by atoms with Gasteiger partial charge in [0, 0.05) is 29.0 Å². The summed E-state index contributed by atoms with van der Waals surface area (Å²) in [5.41, 5.74) is 0.919. The Balaban J connectivity index is 1.65. The van der Waals surface area contributed by atoms with Crippen LogP contribution in [-0.2, 0) is 0 Å². The van der Waals surface area contributed by atoms with Gasteiger partial charge in [0.05, 0.1) is 0 Å². The second-order valence-electron chi connectivity index (χ2n) is 5.34. The largest absolute Gasteiger partial charge is 0.337 e. The summed E-state index contributed by atoms with van der Waals surface area (Å²) in [6.07, 6.45) is 5.50. The third-order valence-electron chi connectivity index (χ3n) is 3.90. The molecule has 1 saturated heterocycles. The van der Waals surface area contributed by atoms with Crippen molar-refractivity contribution in [2.45, 2.75) is 18.9 Å². The van der Waals surface area contributed by atoms with Crippen LogP contribution in [0.2, 0.25) is 0 Å². The van der Waals surface area contributed by atoms with Crippen LogP contribution in [-0.4, -0.2) is 26.7 Å². The van der Waals surface area contributed by atoms with E-state index in [-0.39, 0.29) is 6.04 Å². The van der Waals surface area contributed by atoms with Gasteiger partial charge in [0.1, 0.15) is 6.04 Å². The highest BCUT2D eigenvalue weighted by Gasteiger charge is 2.32. The molecular weight excluding hydrogens is 358 g/mol. The first-order chi connectivity index (χ1) is 11.3. The summed E-state index contributed by atoms with van der Waals surface area (Å²) in [5.74, 6) is 1.91. The lowest BCUT2D eigenvalue weighted by molar-refractivity contribution is 0.354. The lowest BCUT2D eigenvalue weighted by Gasteiger charge is -2.21. The van der Waals surface area contributed by atoms with Gasteiger partial charge in [-0.1, -0.05) is 33.2 Å². The highest BCUT2D eigenvalue weighted by molar-refractivity contribution is 9.10. The first kappa shape index (κ1) is 14.3. The molecule has 1 aliphatic heterocycles. The van der Waals surface area contributed by atoms with Crippen LogP contribution < -0.4 is 4.90 Å². The number of rotatable bonds is 3. The minimum Gasteiger partial charge on any atom is -0.337 e. The Labute approximate surface area is 141 Å². The molecule has 3 heterocycles. The van der Waals surface area contributed by atoms with Gasteiger partial charge in [-0.15, -0.1) is 0 Å². The summed E-state index contributed by atoms with van der Waals surface area (Å²) >= 11 is 3.52. The van der Waals surface area contributed by atoms with E-state index in [4.69, 9.17) is 4.52 Å². The first-order valence-electron chi connectivity index (χ1n) is 7.45. The zero-order chi connectivity index (χ0) is 15.6. The van der Waals surface area contributed by atoms with Crippen molar-refractivity contribution in [3.05, 3.63) is 53.1 Å². The summed E-state index contributed by atoms with van der Waals surface area (Å²) in [6, 6.07) is 9.68.